The van der Waals surface area contributed by atoms with Gasteiger partial charge in [-0.25, -0.2) is 10.1 Å². The van der Waals surface area contributed by atoms with Crippen LogP contribution < -0.4 is 5.06 Å². The maximum Gasteiger partial charge on any atom is 0.165 e. The lowest BCUT2D eigenvalue weighted by molar-refractivity contribution is 0.313. The van der Waals surface area contributed by atoms with Crippen molar-refractivity contribution in [3.05, 3.63) is 96.1 Å². The van der Waals surface area contributed by atoms with E-state index in [1.54, 1.807) is 0 Å². The number of nitrogens with zero attached hydrogens (tertiary/aromatic N) is 2. The molecule has 0 unspecified atom stereocenters. The van der Waals surface area contributed by atoms with Crippen molar-refractivity contribution in [3.63, 3.8) is 0 Å². The number of aliphatic imine (C=N–C) groups is 1. The lowest BCUT2D eigenvalue weighted by atomic mass is 10.1. The Labute approximate surface area is 136 Å². The van der Waals surface area contributed by atoms with Gasteiger partial charge in [-0.3, -0.25) is 5.21 Å². The summed E-state index contributed by atoms with van der Waals surface area (Å²) in [5.74, 6) is 0.488. The zero-order valence-electron chi connectivity index (χ0n) is 12.9. The first-order valence-corrected chi connectivity index (χ1v) is 7.49. The Balaban J connectivity index is 2.06. The van der Waals surface area contributed by atoms with Gasteiger partial charge in [0.15, 0.2) is 5.84 Å². The van der Waals surface area contributed by atoms with E-state index in [4.69, 9.17) is 0 Å². The number of rotatable bonds is 3. The van der Waals surface area contributed by atoms with Gasteiger partial charge in [-0.1, -0.05) is 66.2 Å². The van der Waals surface area contributed by atoms with E-state index in [2.05, 4.69) is 4.99 Å². The van der Waals surface area contributed by atoms with Crippen LogP contribution in [0.15, 0.2) is 89.9 Å². The first kappa shape index (κ1) is 15.0. The molecule has 3 aromatic rings. The number of hydrogen-bond acceptors (Lipinski definition) is 2. The van der Waals surface area contributed by atoms with Crippen LogP contribution in [-0.2, 0) is 0 Å². The molecule has 0 atom stereocenters. The molecule has 0 saturated heterocycles. The Morgan fingerprint density at radius 3 is 1.96 bits per heavy atom. The third kappa shape index (κ3) is 3.65. The van der Waals surface area contributed by atoms with E-state index in [1.807, 2.05) is 91.9 Å². The normalized spacial score (nSPS) is 11.3. The highest BCUT2D eigenvalue weighted by Crippen LogP contribution is 2.20. The predicted octanol–water partition coefficient (Wildman–Crippen LogP) is 4.97. The molecule has 0 aliphatic rings. The van der Waals surface area contributed by atoms with Gasteiger partial charge >= 0.3 is 0 Å². The molecule has 0 aromatic heterocycles. The van der Waals surface area contributed by atoms with E-state index in [1.165, 1.54) is 0 Å². The lowest BCUT2D eigenvalue weighted by Gasteiger charge is -2.19. The van der Waals surface area contributed by atoms with Crippen LogP contribution in [0.25, 0.3) is 0 Å². The number of anilines is 1. The molecule has 0 saturated carbocycles. The van der Waals surface area contributed by atoms with E-state index in [9.17, 15) is 5.21 Å². The van der Waals surface area contributed by atoms with Crippen molar-refractivity contribution >= 4 is 17.2 Å². The second-order valence-corrected chi connectivity index (χ2v) is 5.28. The predicted molar refractivity (Wildman–Crippen MR) is 94.5 cm³/mol. The fourth-order valence-electron chi connectivity index (χ4n) is 2.25. The Bertz CT molecular complexity index is 781. The summed E-state index contributed by atoms with van der Waals surface area (Å²) in [6.45, 7) is 2.03. The summed E-state index contributed by atoms with van der Waals surface area (Å²) in [6.07, 6.45) is 0. The van der Waals surface area contributed by atoms with Gasteiger partial charge in [0.05, 0.1) is 11.4 Å². The number of hydroxylamine groups is 1. The largest absolute Gasteiger partial charge is 0.282 e. The monoisotopic (exact) mass is 302 g/mol. The van der Waals surface area contributed by atoms with Crippen LogP contribution in [-0.4, -0.2) is 11.0 Å². The minimum atomic E-state index is 0.488. The molecule has 23 heavy (non-hydrogen) atoms. The van der Waals surface area contributed by atoms with Gasteiger partial charge < -0.3 is 0 Å². The van der Waals surface area contributed by atoms with Gasteiger partial charge in [0.2, 0.25) is 0 Å². The van der Waals surface area contributed by atoms with Gasteiger partial charge in [-0.2, -0.15) is 0 Å². The van der Waals surface area contributed by atoms with Crippen LogP contribution >= 0.6 is 0 Å². The van der Waals surface area contributed by atoms with E-state index in [0.29, 0.717) is 11.5 Å². The van der Waals surface area contributed by atoms with Gasteiger partial charge in [0, 0.05) is 5.56 Å². The maximum atomic E-state index is 10.7. The van der Waals surface area contributed by atoms with E-state index in [0.717, 1.165) is 21.9 Å². The van der Waals surface area contributed by atoms with Crippen LogP contribution in [0.3, 0.4) is 0 Å². The Morgan fingerprint density at radius 1 is 0.783 bits per heavy atom. The number of amidine groups is 1. The summed E-state index contributed by atoms with van der Waals surface area (Å²) in [4.78, 5) is 4.63. The van der Waals surface area contributed by atoms with Crippen LogP contribution in [0.1, 0.15) is 11.1 Å². The van der Waals surface area contributed by atoms with E-state index in [-0.39, 0.29) is 0 Å². The third-order valence-electron chi connectivity index (χ3n) is 3.50. The van der Waals surface area contributed by atoms with Crippen molar-refractivity contribution in [2.24, 2.45) is 4.99 Å². The fraction of sp³-hybridized carbons (Fsp3) is 0.0500. The van der Waals surface area contributed by atoms with Crippen LogP contribution in [0.4, 0.5) is 11.4 Å². The number of benzene rings is 3. The van der Waals surface area contributed by atoms with Crippen molar-refractivity contribution in [1.29, 1.82) is 0 Å². The molecule has 3 nitrogen and oxygen atoms in total. The van der Waals surface area contributed by atoms with Crippen LogP contribution in [0.2, 0.25) is 0 Å². The van der Waals surface area contributed by atoms with Crippen molar-refractivity contribution in [2.45, 2.75) is 6.92 Å². The third-order valence-corrected chi connectivity index (χ3v) is 3.50. The summed E-state index contributed by atoms with van der Waals surface area (Å²) in [7, 11) is 0. The maximum absolute atomic E-state index is 10.7. The molecule has 0 bridgehead atoms. The molecule has 0 aliphatic carbocycles. The average Bonchev–Trinajstić information content (AvgIpc) is 2.62. The van der Waals surface area contributed by atoms with Crippen molar-refractivity contribution < 1.29 is 5.21 Å². The molecule has 0 aliphatic heterocycles. The second kappa shape index (κ2) is 6.90. The fourth-order valence-corrected chi connectivity index (χ4v) is 2.25. The number of aryl methyl sites for hydroxylation is 1. The standard InChI is InChI=1S/C20H18N2O/c1-16-12-14-17(15-13-16)20(21-18-8-4-2-5-9-18)22(23)19-10-6-3-7-11-19/h2-15,23H,1H3. The summed E-state index contributed by atoms with van der Waals surface area (Å²) < 4.78 is 0. The first-order valence-electron chi connectivity index (χ1n) is 7.49. The molecule has 0 heterocycles. The second-order valence-electron chi connectivity index (χ2n) is 5.28. The van der Waals surface area contributed by atoms with Crippen LogP contribution in [0.5, 0.6) is 0 Å². The molecule has 114 valence electrons. The Morgan fingerprint density at radius 2 is 1.35 bits per heavy atom. The Kier molecular flexibility index (Phi) is 4.50. The van der Waals surface area contributed by atoms with E-state index >= 15 is 0 Å². The molecule has 0 radical (unpaired) electrons. The molecular weight excluding hydrogens is 284 g/mol. The molecule has 0 amide bonds. The van der Waals surface area contributed by atoms with Gasteiger partial charge in [-0.15, -0.1) is 0 Å². The first-order chi connectivity index (χ1) is 11.2. The highest BCUT2D eigenvalue weighted by molar-refractivity contribution is 6.09. The quantitative estimate of drug-likeness (QED) is 0.421. The number of para-hydroxylation sites is 2. The SMILES string of the molecule is Cc1ccc(C(=Nc2ccccc2)N(O)c2ccccc2)cc1. The topological polar surface area (TPSA) is 35.8 Å². The summed E-state index contributed by atoms with van der Waals surface area (Å²) in [5, 5.41) is 11.8. The Hall–Kier alpha value is -2.91. The zero-order valence-corrected chi connectivity index (χ0v) is 12.9. The summed E-state index contributed by atoms with van der Waals surface area (Å²) >= 11 is 0. The zero-order chi connectivity index (χ0) is 16.1. The lowest BCUT2D eigenvalue weighted by Crippen LogP contribution is -2.27. The van der Waals surface area contributed by atoms with Gasteiger partial charge in [0.1, 0.15) is 0 Å². The van der Waals surface area contributed by atoms with Crippen molar-refractivity contribution in [2.75, 3.05) is 5.06 Å². The molecule has 3 rings (SSSR count). The molecule has 3 aromatic carbocycles. The van der Waals surface area contributed by atoms with Gasteiger partial charge in [-0.05, 0) is 31.2 Å². The average molecular weight is 302 g/mol. The molecule has 3 heteroatoms. The molecule has 1 N–H and O–H groups in total. The summed E-state index contributed by atoms with van der Waals surface area (Å²) in [5.41, 5.74) is 3.48. The smallest absolute Gasteiger partial charge is 0.165 e. The highest BCUT2D eigenvalue weighted by Gasteiger charge is 2.13. The molecule has 0 spiro atoms. The molecule has 0 fully saturated rings. The van der Waals surface area contributed by atoms with E-state index < -0.39 is 0 Å². The molecular formula is C20H18N2O. The summed E-state index contributed by atoms with van der Waals surface area (Å²) in [6, 6.07) is 26.9. The minimum Gasteiger partial charge on any atom is -0.282 e. The van der Waals surface area contributed by atoms with Gasteiger partial charge in [0.25, 0.3) is 0 Å². The highest BCUT2D eigenvalue weighted by atomic mass is 16.5. The number of hydrogen-bond donors (Lipinski definition) is 1. The van der Waals surface area contributed by atoms with Crippen molar-refractivity contribution in [1.82, 2.24) is 0 Å². The van der Waals surface area contributed by atoms with Crippen LogP contribution in [0, 0.1) is 6.92 Å². The minimum absolute atomic E-state index is 0.488. The van der Waals surface area contributed by atoms with Crippen molar-refractivity contribution in [3.8, 4) is 0 Å².